The van der Waals surface area contributed by atoms with Gasteiger partial charge in [-0.3, -0.25) is 4.79 Å². The second-order valence-electron chi connectivity index (χ2n) is 4.11. The molecule has 2 aromatic carbocycles. The highest BCUT2D eigenvalue weighted by Gasteiger charge is 2.13. The minimum atomic E-state index is -1.17. The monoisotopic (exact) mass is 371 g/mol. The summed E-state index contributed by atoms with van der Waals surface area (Å²) in [7, 11) is 0. The number of anilines is 1. The number of hydrogen-bond donors (Lipinski definition) is 2. The smallest absolute Gasteiger partial charge is 0.335 e. The number of benzene rings is 2. The Balaban J connectivity index is 2.31. The van der Waals surface area contributed by atoms with Gasteiger partial charge in [0.1, 0.15) is 5.82 Å². The predicted octanol–water partition coefficient (Wildman–Crippen LogP) is 4.19. The lowest BCUT2D eigenvalue weighted by atomic mass is 10.1. The minimum Gasteiger partial charge on any atom is -0.478 e. The maximum absolute atomic E-state index is 13.2. The van der Waals surface area contributed by atoms with Crippen molar-refractivity contribution < 1.29 is 19.1 Å². The highest BCUT2D eigenvalue weighted by Crippen LogP contribution is 2.22. The zero-order chi connectivity index (χ0) is 15.6. The summed E-state index contributed by atoms with van der Waals surface area (Å²) in [5.41, 5.74) is 0.240. The molecule has 0 aliphatic rings. The molecule has 0 saturated heterocycles. The van der Waals surface area contributed by atoms with Crippen molar-refractivity contribution in [3.8, 4) is 0 Å². The molecule has 7 heteroatoms. The van der Waals surface area contributed by atoms with Crippen molar-refractivity contribution in [2.24, 2.45) is 0 Å². The molecule has 0 spiro atoms. The van der Waals surface area contributed by atoms with Gasteiger partial charge in [0.25, 0.3) is 5.91 Å². The van der Waals surface area contributed by atoms with Gasteiger partial charge in [0.05, 0.1) is 11.1 Å². The standard InChI is InChI=1S/C14H8BrClFNO3/c15-12-2-1-9(17)6-11(12)13(19)18-10-4-7(14(20)21)3-8(16)5-10/h1-6H,(H,18,19)(H,20,21). The van der Waals surface area contributed by atoms with E-state index in [-0.39, 0.29) is 21.8 Å². The van der Waals surface area contributed by atoms with Crippen LogP contribution in [0.4, 0.5) is 10.1 Å². The van der Waals surface area contributed by atoms with E-state index in [2.05, 4.69) is 21.2 Å². The first-order chi connectivity index (χ1) is 9.86. The van der Waals surface area contributed by atoms with Gasteiger partial charge in [0.15, 0.2) is 0 Å². The average Bonchev–Trinajstić information content (AvgIpc) is 2.40. The fourth-order valence-corrected chi connectivity index (χ4v) is 2.32. The first kappa shape index (κ1) is 15.5. The Morgan fingerprint density at radius 3 is 2.57 bits per heavy atom. The number of carbonyl (C=O) groups is 2. The van der Waals surface area contributed by atoms with Gasteiger partial charge in [-0.15, -0.1) is 0 Å². The highest BCUT2D eigenvalue weighted by atomic mass is 79.9. The number of aromatic carboxylic acids is 1. The number of halogens is 3. The van der Waals surface area contributed by atoms with E-state index in [9.17, 15) is 14.0 Å². The molecule has 108 valence electrons. The Morgan fingerprint density at radius 2 is 1.90 bits per heavy atom. The molecule has 2 rings (SSSR count). The van der Waals surface area contributed by atoms with Gasteiger partial charge in [0, 0.05) is 15.2 Å². The van der Waals surface area contributed by atoms with Gasteiger partial charge in [-0.05, 0) is 52.3 Å². The van der Waals surface area contributed by atoms with Crippen molar-refractivity contribution in [2.45, 2.75) is 0 Å². The molecule has 1 amide bonds. The molecule has 21 heavy (non-hydrogen) atoms. The van der Waals surface area contributed by atoms with Gasteiger partial charge in [-0.2, -0.15) is 0 Å². The van der Waals surface area contributed by atoms with Crippen LogP contribution in [0, 0.1) is 5.82 Å². The lowest BCUT2D eigenvalue weighted by Gasteiger charge is -2.08. The molecule has 0 aliphatic carbocycles. The number of carboxylic acid groups (broad SMARTS) is 1. The summed E-state index contributed by atoms with van der Waals surface area (Å²) in [4.78, 5) is 23.0. The van der Waals surface area contributed by atoms with E-state index in [1.54, 1.807) is 0 Å². The Kier molecular flexibility index (Phi) is 4.59. The summed E-state index contributed by atoms with van der Waals surface area (Å²) in [6.07, 6.45) is 0. The predicted molar refractivity (Wildman–Crippen MR) is 80.5 cm³/mol. The molecule has 0 heterocycles. The van der Waals surface area contributed by atoms with E-state index < -0.39 is 17.7 Å². The normalized spacial score (nSPS) is 10.2. The Labute approximate surface area is 132 Å². The molecule has 0 aliphatic heterocycles. The van der Waals surface area contributed by atoms with Crippen molar-refractivity contribution in [3.05, 3.63) is 62.8 Å². The second-order valence-corrected chi connectivity index (χ2v) is 5.40. The molecule has 0 fully saturated rings. The van der Waals surface area contributed by atoms with E-state index in [1.807, 2.05) is 0 Å². The number of carboxylic acids is 1. The lowest BCUT2D eigenvalue weighted by Crippen LogP contribution is -2.13. The summed E-state index contributed by atoms with van der Waals surface area (Å²) in [5.74, 6) is -2.31. The summed E-state index contributed by atoms with van der Waals surface area (Å²) in [6.45, 7) is 0. The SMILES string of the molecule is O=C(O)c1cc(Cl)cc(NC(=O)c2cc(F)ccc2Br)c1. The molecule has 4 nitrogen and oxygen atoms in total. The van der Waals surface area contributed by atoms with Crippen LogP contribution in [0.3, 0.4) is 0 Å². The molecule has 0 bridgehead atoms. The number of rotatable bonds is 3. The van der Waals surface area contributed by atoms with Gasteiger partial charge in [-0.1, -0.05) is 11.6 Å². The number of nitrogens with one attached hydrogen (secondary N) is 1. The van der Waals surface area contributed by atoms with Crippen molar-refractivity contribution in [2.75, 3.05) is 5.32 Å². The number of hydrogen-bond acceptors (Lipinski definition) is 2. The molecule has 0 saturated carbocycles. The molecular formula is C14H8BrClFNO3. The molecular weight excluding hydrogens is 365 g/mol. The molecule has 2 N–H and O–H groups in total. The van der Waals surface area contributed by atoms with Crippen LogP contribution in [-0.4, -0.2) is 17.0 Å². The highest BCUT2D eigenvalue weighted by molar-refractivity contribution is 9.10. The molecule has 0 radical (unpaired) electrons. The van der Waals surface area contributed by atoms with E-state index in [1.165, 1.54) is 30.3 Å². The molecule has 0 aromatic heterocycles. The zero-order valence-corrected chi connectivity index (χ0v) is 12.7. The van der Waals surface area contributed by atoms with Gasteiger partial charge < -0.3 is 10.4 Å². The van der Waals surface area contributed by atoms with Crippen LogP contribution in [0.5, 0.6) is 0 Å². The summed E-state index contributed by atoms with van der Waals surface area (Å²) < 4.78 is 13.6. The van der Waals surface area contributed by atoms with Crippen LogP contribution in [0.2, 0.25) is 5.02 Å². The van der Waals surface area contributed by atoms with Gasteiger partial charge in [-0.25, -0.2) is 9.18 Å². The van der Waals surface area contributed by atoms with Crippen molar-refractivity contribution >= 4 is 45.1 Å². The molecule has 2 aromatic rings. The second kappa shape index (κ2) is 6.24. The van der Waals surface area contributed by atoms with E-state index >= 15 is 0 Å². The van der Waals surface area contributed by atoms with Gasteiger partial charge in [0.2, 0.25) is 0 Å². The Hall–Kier alpha value is -1.92. The third kappa shape index (κ3) is 3.80. The molecule has 0 unspecified atom stereocenters. The summed E-state index contributed by atoms with van der Waals surface area (Å²) in [5, 5.41) is 11.6. The van der Waals surface area contributed by atoms with Crippen molar-refractivity contribution in [3.63, 3.8) is 0 Å². The van der Waals surface area contributed by atoms with Crippen LogP contribution in [0.15, 0.2) is 40.9 Å². The maximum atomic E-state index is 13.2. The average molecular weight is 373 g/mol. The molecule has 0 atom stereocenters. The van der Waals surface area contributed by atoms with Crippen LogP contribution < -0.4 is 5.32 Å². The lowest BCUT2D eigenvalue weighted by molar-refractivity contribution is 0.0696. The minimum absolute atomic E-state index is 0.0592. The third-order valence-corrected chi connectivity index (χ3v) is 3.49. The third-order valence-electron chi connectivity index (χ3n) is 2.58. The van der Waals surface area contributed by atoms with Crippen LogP contribution in [-0.2, 0) is 0 Å². The fourth-order valence-electron chi connectivity index (χ4n) is 1.66. The first-order valence-electron chi connectivity index (χ1n) is 5.67. The fraction of sp³-hybridized carbons (Fsp3) is 0. The Bertz CT molecular complexity index is 736. The van der Waals surface area contributed by atoms with Crippen molar-refractivity contribution in [1.29, 1.82) is 0 Å². The topological polar surface area (TPSA) is 66.4 Å². The number of carbonyl (C=O) groups excluding carboxylic acids is 1. The zero-order valence-electron chi connectivity index (χ0n) is 10.4. The van der Waals surface area contributed by atoms with Crippen LogP contribution >= 0.6 is 27.5 Å². The Morgan fingerprint density at radius 1 is 1.19 bits per heavy atom. The summed E-state index contributed by atoms with van der Waals surface area (Å²) in [6, 6.07) is 7.62. The van der Waals surface area contributed by atoms with E-state index in [4.69, 9.17) is 16.7 Å². The van der Waals surface area contributed by atoms with E-state index in [0.717, 1.165) is 6.07 Å². The van der Waals surface area contributed by atoms with Crippen molar-refractivity contribution in [1.82, 2.24) is 0 Å². The quantitative estimate of drug-likeness (QED) is 0.849. The van der Waals surface area contributed by atoms with E-state index in [0.29, 0.717) is 4.47 Å². The van der Waals surface area contributed by atoms with Crippen LogP contribution in [0.1, 0.15) is 20.7 Å². The largest absolute Gasteiger partial charge is 0.478 e. The first-order valence-corrected chi connectivity index (χ1v) is 6.84. The maximum Gasteiger partial charge on any atom is 0.335 e. The van der Waals surface area contributed by atoms with Gasteiger partial charge >= 0.3 is 5.97 Å². The van der Waals surface area contributed by atoms with Crippen LogP contribution in [0.25, 0.3) is 0 Å². The number of amides is 1. The summed E-state index contributed by atoms with van der Waals surface area (Å²) >= 11 is 8.95.